The number of anilines is 2. The summed E-state index contributed by atoms with van der Waals surface area (Å²) in [6.45, 7) is -13.5. The Morgan fingerprint density at radius 3 is 2.41 bits per heavy atom. The second-order valence-corrected chi connectivity index (χ2v) is 10.8. The van der Waals surface area contributed by atoms with Gasteiger partial charge in [0.25, 0.3) is 5.91 Å². The zero-order valence-corrected chi connectivity index (χ0v) is 23.2. The summed E-state index contributed by atoms with van der Waals surface area (Å²) in [6.07, 6.45) is 0.732. The predicted octanol–water partition coefficient (Wildman–Crippen LogP) is 4.53. The van der Waals surface area contributed by atoms with Crippen LogP contribution in [0.2, 0.25) is 0 Å². The van der Waals surface area contributed by atoms with Gasteiger partial charge in [0.2, 0.25) is 11.8 Å². The second kappa shape index (κ2) is 11.2. The molecule has 0 aliphatic carbocycles. The minimum Gasteiger partial charge on any atom is -0.367 e. The Labute approximate surface area is 265 Å². The maximum Gasteiger partial charge on any atom is 0.259 e. The molecule has 1 atom stereocenters. The number of imide groups is 1. The normalized spacial score (nSPS) is 25.8. The Balaban J connectivity index is 1.15. The number of hydrogen-bond donors (Lipinski definition) is 1. The van der Waals surface area contributed by atoms with Crippen molar-refractivity contribution >= 4 is 39.9 Å². The highest BCUT2D eigenvalue weighted by molar-refractivity contribution is 6.27. The molecule has 9 heteroatoms. The van der Waals surface area contributed by atoms with E-state index in [0.29, 0.717) is 33.5 Å². The van der Waals surface area contributed by atoms with Crippen LogP contribution in [0.3, 0.4) is 0 Å². The molecule has 0 aromatic heterocycles. The number of piperazine rings is 1. The minimum absolute atomic E-state index is 0.123. The van der Waals surface area contributed by atoms with Gasteiger partial charge in [-0.15, -0.1) is 0 Å². The Morgan fingerprint density at radius 2 is 1.68 bits per heavy atom. The number of halogens is 1. The van der Waals surface area contributed by atoms with E-state index in [-0.39, 0.29) is 35.1 Å². The molecule has 4 aromatic rings. The van der Waals surface area contributed by atoms with Crippen molar-refractivity contribution in [1.29, 1.82) is 5.26 Å². The Hall–Kier alpha value is -5.07. The largest absolute Gasteiger partial charge is 0.367 e. The molecule has 0 saturated carbocycles. The minimum atomic E-state index is -3.29. The number of nitrogens with one attached hydrogen (secondary N) is 1. The first-order chi connectivity index (χ1) is 24.4. The standard InChI is InChI=1S/C35H30FN5O3/c36-28-19-24(20-37)8-10-29(28)40-16-14-39(15-17-40)21-23-6-4-22(5-7-23)18-25-9-11-30-33-26(25)2-1-3-27(33)35(44)41(30)31-12-13-32(42)38-34(31)43/h1-11,19,31H,12-18,21H2,(H,38,42,43)/i14D2,15D2,16D2,17D2. The van der Waals surface area contributed by atoms with Crippen molar-refractivity contribution in [2.24, 2.45) is 0 Å². The van der Waals surface area contributed by atoms with Crippen molar-refractivity contribution in [2.75, 3.05) is 35.8 Å². The van der Waals surface area contributed by atoms with Gasteiger partial charge in [0.1, 0.15) is 11.9 Å². The summed E-state index contributed by atoms with van der Waals surface area (Å²) < 4.78 is 84.8. The molecule has 3 aliphatic heterocycles. The first-order valence-corrected chi connectivity index (χ1v) is 14.0. The Kier molecular flexibility index (Phi) is 5.09. The number of nitrogens with zero attached hydrogens (tertiary/aromatic N) is 4. The van der Waals surface area contributed by atoms with Gasteiger partial charge in [-0.2, -0.15) is 5.26 Å². The van der Waals surface area contributed by atoms with E-state index in [4.69, 9.17) is 16.2 Å². The summed E-state index contributed by atoms with van der Waals surface area (Å²) in [7, 11) is 0. The van der Waals surface area contributed by atoms with E-state index in [1.165, 1.54) is 4.90 Å². The van der Waals surface area contributed by atoms with Crippen molar-refractivity contribution in [3.63, 3.8) is 0 Å². The molecular formula is C35H30FN5O3. The van der Waals surface area contributed by atoms with Crippen molar-refractivity contribution in [1.82, 2.24) is 10.2 Å². The molecule has 3 heterocycles. The van der Waals surface area contributed by atoms with Gasteiger partial charge in [0.15, 0.2) is 0 Å². The fourth-order valence-electron chi connectivity index (χ4n) is 5.86. The molecule has 7 rings (SSSR count). The SMILES string of the molecule is [2H]C1([2H])N(Cc2ccc(Cc3ccc4c5c(cccc35)C(=O)N4C3CCC(=O)NC3=O)cc2)C([2H])([2H])C([2H])([2H])N(c2ccc(C#N)cc2F)C1([2H])[2H]. The van der Waals surface area contributed by atoms with Crippen LogP contribution in [0, 0.1) is 17.1 Å². The third-order valence-corrected chi connectivity index (χ3v) is 8.01. The lowest BCUT2D eigenvalue weighted by Gasteiger charge is -2.36. The van der Waals surface area contributed by atoms with Gasteiger partial charge >= 0.3 is 0 Å². The lowest BCUT2D eigenvalue weighted by atomic mass is 9.95. The van der Waals surface area contributed by atoms with Gasteiger partial charge < -0.3 is 4.90 Å². The van der Waals surface area contributed by atoms with E-state index in [1.807, 2.05) is 12.1 Å². The molecule has 3 aliphatic rings. The lowest BCUT2D eigenvalue weighted by Crippen LogP contribution is -2.53. The fourth-order valence-corrected chi connectivity index (χ4v) is 5.86. The van der Waals surface area contributed by atoms with Crippen LogP contribution >= 0.6 is 0 Å². The number of nitriles is 1. The average Bonchev–Trinajstić information content (AvgIpc) is 3.37. The van der Waals surface area contributed by atoms with Crippen LogP contribution in [0.4, 0.5) is 15.8 Å². The molecule has 4 aromatic carbocycles. The highest BCUT2D eigenvalue weighted by Gasteiger charge is 2.40. The van der Waals surface area contributed by atoms with Crippen LogP contribution in [-0.4, -0.2) is 54.7 Å². The number of benzene rings is 4. The summed E-state index contributed by atoms with van der Waals surface area (Å²) >= 11 is 0. The summed E-state index contributed by atoms with van der Waals surface area (Å²) in [5.41, 5.74) is 2.18. The van der Waals surface area contributed by atoms with E-state index < -0.39 is 56.0 Å². The summed E-state index contributed by atoms with van der Waals surface area (Å²) in [5, 5.41) is 12.9. The molecule has 1 unspecified atom stereocenters. The number of carbonyl (C=O) groups is 3. The monoisotopic (exact) mass is 595 g/mol. The second-order valence-electron chi connectivity index (χ2n) is 10.8. The number of amides is 3. The van der Waals surface area contributed by atoms with E-state index >= 15 is 4.39 Å². The van der Waals surface area contributed by atoms with Crippen molar-refractivity contribution in [3.05, 3.63) is 106 Å². The highest BCUT2D eigenvalue weighted by Crippen LogP contribution is 2.41. The third kappa shape index (κ3) is 4.97. The zero-order valence-electron chi connectivity index (χ0n) is 31.2. The summed E-state index contributed by atoms with van der Waals surface area (Å²) in [6, 6.07) is 19.3. The van der Waals surface area contributed by atoms with E-state index in [0.717, 1.165) is 34.7 Å². The van der Waals surface area contributed by atoms with Gasteiger partial charge in [0, 0.05) is 55.4 Å². The summed E-state index contributed by atoms with van der Waals surface area (Å²) in [4.78, 5) is 40.0. The average molecular weight is 596 g/mol. The van der Waals surface area contributed by atoms with Crippen molar-refractivity contribution in [3.8, 4) is 6.07 Å². The lowest BCUT2D eigenvalue weighted by molar-refractivity contribution is -0.134. The zero-order chi connectivity index (χ0) is 37.5. The maximum atomic E-state index is 15.1. The van der Waals surface area contributed by atoms with Crippen LogP contribution < -0.4 is 15.1 Å². The van der Waals surface area contributed by atoms with E-state index in [2.05, 4.69) is 5.32 Å². The number of hydrogen-bond acceptors (Lipinski definition) is 6. The van der Waals surface area contributed by atoms with Crippen LogP contribution in [0.25, 0.3) is 10.8 Å². The molecule has 2 saturated heterocycles. The Bertz CT molecular complexity index is 2200. The number of piperidine rings is 1. The van der Waals surface area contributed by atoms with Crippen molar-refractivity contribution in [2.45, 2.75) is 31.8 Å². The molecule has 220 valence electrons. The molecule has 0 spiro atoms. The highest BCUT2D eigenvalue weighted by atomic mass is 19.1. The first kappa shape index (κ1) is 20.0. The molecular weight excluding hydrogens is 557 g/mol. The topological polar surface area (TPSA) is 96.8 Å². The van der Waals surface area contributed by atoms with Gasteiger partial charge in [-0.3, -0.25) is 29.5 Å². The van der Waals surface area contributed by atoms with Crippen molar-refractivity contribution < 1.29 is 29.7 Å². The predicted molar refractivity (Wildman–Crippen MR) is 165 cm³/mol. The van der Waals surface area contributed by atoms with Gasteiger partial charge in [-0.1, -0.05) is 42.5 Å². The van der Waals surface area contributed by atoms with Crippen LogP contribution in [0.15, 0.2) is 72.8 Å². The van der Waals surface area contributed by atoms with E-state index in [9.17, 15) is 14.4 Å². The quantitative estimate of drug-likeness (QED) is 0.329. The fraction of sp³-hybridized carbons (Fsp3) is 0.257. The molecule has 1 N–H and O–H groups in total. The smallest absolute Gasteiger partial charge is 0.259 e. The maximum absolute atomic E-state index is 15.1. The molecule has 3 amide bonds. The molecule has 8 nitrogen and oxygen atoms in total. The molecule has 2 fully saturated rings. The van der Waals surface area contributed by atoms with Gasteiger partial charge in [0.05, 0.1) is 28.5 Å². The number of carbonyl (C=O) groups excluding carboxylic acids is 3. The van der Waals surface area contributed by atoms with Crippen LogP contribution in [-0.2, 0) is 22.6 Å². The summed E-state index contributed by atoms with van der Waals surface area (Å²) in [5.74, 6) is -2.44. The van der Waals surface area contributed by atoms with Gasteiger partial charge in [-0.05, 0) is 65.3 Å². The third-order valence-electron chi connectivity index (χ3n) is 8.01. The Morgan fingerprint density at radius 1 is 0.932 bits per heavy atom. The molecule has 44 heavy (non-hydrogen) atoms. The van der Waals surface area contributed by atoms with Crippen LogP contribution in [0.5, 0.6) is 0 Å². The molecule has 0 bridgehead atoms. The molecule has 0 radical (unpaired) electrons. The van der Waals surface area contributed by atoms with Crippen LogP contribution in [0.1, 0.15) is 56.4 Å². The number of rotatable bonds is 6. The first-order valence-electron chi connectivity index (χ1n) is 18.0. The van der Waals surface area contributed by atoms with E-state index in [1.54, 1.807) is 48.5 Å². The van der Waals surface area contributed by atoms with Gasteiger partial charge in [-0.25, -0.2) is 4.39 Å².